The third-order valence-corrected chi connectivity index (χ3v) is 4.01. The highest BCUT2D eigenvalue weighted by atomic mass is 19.1. The molecule has 2 aromatic rings. The summed E-state index contributed by atoms with van der Waals surface area (Å²) in [7, 11) is 1.59. The number of hydrogen-bond donors (Lipinski definition) is 1. The Bertz CT molecular complexity index is 839. The molecule has 0 radical (unpaired) electrons. The van der Waals surface area contributed by atoms with Crippen LogP contribution in [0.4, 0.5) is 14.5 Å². The van der Waals surface area contributed by atoms with E-state index in [4.69, 9.17) is 4.74 Å². The topological polar surface area (TPSA) is 58.6 Å². The van der Waals surface area contributed by atoms with E-state index in [9.17, 15) is 18.4 Å². The molecular formula is C18H16F2N2O3. The van der Waals surface area contributed by atoms with Gasteiger partial charge in [-0.2, -0.15) is 0 Å². The lowest BCUT2D eigenvalue weighted by atomic mass is 10.1. The maximum Gasteiger partial charge on any atom is 0.254 e. The van der Waals surface area contributed by atoms with Crippen LogP contribution in [0.5, 0.6) is 5.75 Å². The Kier molecular flexibility index (Phi) is 4.65. The van der Waals surface area contributed by atoms with Gasteiger partial charge in [-0.25, -0.2) is 8.78 Å². The number of benzene rings is 2. The Morgan fingerprint density at radius 2 is 2.00 bits per heavy atom. The minimum absolute atomic E-state index is 0.306. The zero-order valence-corrected chi connectivity index (χ0v) is 13.5. The van der Waals surface area contributed by atoms with E-state index in [-0.39, 0.29) is 18.0 Å². The van der Waals surface area contributed by atoms with Gasteiger partial charge in [-0.05, 0) is 35.9 Å². The van der Waals surface area contributed by atoms with Gasteiger partial charge in [0.2, 0.25) is 5.91 Å². The Morgan fingerprint density at radius 1 is 1.20 bits per heavy atom. The quantitative estimate of drug-likeness (QED) is 0.924. The summed E-state index contributed by atoms with van der Waals surface area (Å²) in [5, 5.41) is 2.34. The third-order valence-electron chi connectivity index (χ3n) is 4.01. The summed E-state index contributed by atoms with van der Waals surface area (Å²) in [6.45, 7) is 0.315. The number of hydrogen-bond acceptors (Lipinski definition) is 3. The van der Waals surface area contributed by atoms with Crippen LogP contribution in [-0.2, 0) is 11.2 Å². The Hall–Kier alpha value is -2.96. The van der Waals surface area contributed by atoms with Gasteiger partial charge in [-0.1, -0.05) is 0 Å². The number of ether oxygens (including phenoxy) is 1. The smallest absolute Gasteiger partial charge is 0.254 e. The van der Waals surface area contributed by atoms with Crippen molar-refractivity contribution in [3.05, 3.63) is 59.2 Å². The van der Waals surface area contributed by atoms with Crippen LogP contribution in [-0.4, -0.2) is 32.0 Å². The summed E-state index contributed by atoms with van der Waals surface area (Å²) in [4.78, 5) is 25.6. The van der Waals surface area contributed by atoms with Crippen molar-refractivity contribution in [2.75, 3.05) is 25.1 Å². The molecule has 0 spiro atoms. The molecule has 2 aromatic carbocycles. The predicted molar refractivity (Wildman–Crippen MR) is 87.7 cm³/mol. The first kappa shape index (κ1) is 16.9. The molecule has 0 unspecified atom stereocenters. The molecule has 3 rings (SSSR count). The second-order valence-electron chi connectivity index (χ2n) is 5.65. The van der Waals surface area contributed by atoms with E-state index in [1.54, 1.807) is 19.2 Å². The third kappa shape index (κ3) is 3.60. The molecule has 1 aliphatic heterocycles. The molecule has 0 aromatic heterocycles. The highest BCUT2D eigenvalue weighted by Crippen LogP contribution is 2.29. The number of amides is 2. The van der Waals surface area contributed by atoms with E-state index in [0.717, 1.165) is 29.9 Å². The number of halogens is 2. The number of nitrogens with zero attached hydrogens (tertiary/aromatic N) is 1. The van der Waals surface area contributed by atoms with E-state index in [0.29, 0.717) is 18.4 Å². The SMILES string of the molecule is CN(C(=O)CNC(=O)c1ccc(F)cc1F)c1ccc2c(c1)CCO2. The number of nitrogens with one attached hydrogen (secondary N) is 1. The molecule has 0 saturated carbocycles. The minimum atomic E-state index is -0.975. The van der Waals surface area contributed by atoms with Crippen molar-refractivity contribution in [1.82, 2.24) is 5.32 Å². The first-order chi connectivity index (χ1) is 12.0. The van der Waals surface area contributed by atoms with Gasteiger partial charge in [0, 0.05) is 25.2 Å². The number of likely N-dealkylation sites (N-methyl/N-ethyl adjacent to an activating group) is 1. The fourth-order valence-corrected chi connectivity index (χ4v) is 2.57. The lowest BCUT2D eigenvalue weighted by molar-refractivity contribution is -0.117. The minimum Gasteiger partial charge on any atom is -0.493 e. The molecule has 1 N–H and O–H groups in total. The fourth-order valence-electron chi connectivity index (χ4n) is 2.57. The van der Waals surface area contributed by atoms with Crippen molar-refractivity contribution in [1.29, 1.82) is 0 Å². The first-order valence-corrected chi connectivity index (χ1v) is 7.71. The Labute approximate surface area is 143 Å². The molecule has 0 atom stereocenters. The molecule has 1 aliphatic rings. The molecule has 2 amide bonds. The standard InChI is InChI=1S/C18H16F2N2O3/c1-22(13-3-5-16-11(8-13)6-7-25-16)17(23)10-21-18(24)14-4-2-12(19)9-15(14)20/h2-5,8-9H,6-7,10H2,1H3,(H,21,24). The predicted octanol–water partition coefficient (Wildman–Crippen LogP) is 2.29. The van der Waals surface area contributed by atoms with Crippen molar-refractivity contribution in [2.45, 2.75) is 6.42 Å². The second-order valence-corrected chi connectivity index (χ2v) is 5.65. The molecule has 0 fully saturated rings. The van der Waals surface area contributed by atoms with Crippen molar-refractivity contribution >= 4 is 17.5 Å². The van der Waals surface area contributed by atoms with Gasteiger partial charge in [0.25, 0.3) is 5.91 Å². The highest BCUT2D eigenvalue weighted by molar-refractivity contribution is 6.00. The number of carbonyl (C=O) groups excluding carboxylic acids is 2. The molecular weight excluding hydrogens is 330 g/mol. The van der Waals surface area contributed by atoms with E-state index in [1.165, 1.54) is 4.90 Å². The monoisotopic (exact) mass is 346 g/mol. The van der Waals surface area contributed by atoms with Crippen LogP contribution < -0.4 is 15.0 Å². The highest BCUT2D eigenvalue weighted by Gasteiger charge is 2.18. The van der Waals surface area contributed by atoms with E-state index in [2.05, 4.69) is 5.32 Å². The molecule has 5 nitrogen and oxygen atoms in total. The first-order valence-electron chi connectivity index (χ1n) is 7.71. The zero-order chi connectivity index (χ0) is 18.0. The van der Waals surface area contributed by atoms with Crippen LogP contribution in [0, 0.1) is 11.6 Å². The summed E-state index contributed by atoms with van der Waals surface area (Å²) < 4.78 is 31.9. The van der Waals surface area contributed by atoms with Crippen LogP contribution in [0.2, 0.25) is 0 Å². The molecule has 0 saturated heterocycles. The van der Waals surface area contributed by atoms with Crippen molar-refractivity contribution < 1.29 is 23.1 Å². The maximum absolute atomic E-state index is 13.6. The number of fused-ring (bicyclic) bond motifs is 1. The molecule has 130 valence electrons. The van der Waals surface area contributed by atoms with Crippen LogP contribution in [0.1, 0.15) is 15.9 Å². The normalized spacial score (nSPS) is 12.3. The number of carbonyl (C=O) groups is 2. The Balaban J connectivity index is 1.63. The van der Waals surface area contributed by atoms with Crippen molar-refractivity contribution in [3.63, 3.8) is 0 Å². The van der Waals surface area contributed by atoms with Crippen LogP contribution in [0.3, 0.4) is 0 Å². The van der Waals surface area contributed by atoms with Gasteiger partial charge in [0.15, 0.2) is 0 Å². The van der Waals surface area contributed by atoms with Crippen LogP contribution in [0.15, 0.2) is 36.4 Å². The average molecular weight is 346 g/mol. The van der Waals surface area contributed by atoms with Gasteiger partial charge in [0.1, 0.15) is 17.4 Å². The van der Waals surface area contributed by atoms with Crippen molar-refractivity contribution in [3.8, 4) is 5.75 Å². The van der Waals surface area contributed by atoms with Gasteiger partial charge in [-0.3, -0.25) is 9.59 Å². The van der Waals surface area contributed by atoms with Gasteiger partial charge in [0.05, 0.1) is 18.7 Å². The summed E-state index contributed by atoms with van der Waals surface area (Å²) in [6, 6.07) is 8.06. The van der Waals surface area contributed by atoms with Gasteiger partial charge < -0.3 is 15.0 Å². The molecule has 25 heavy (non-hydrogen) atoms. The summed E-state index contributed by atoms with van der Waals surface area (Å²) in [5.74, 6) is -2.08. The maximum atomic E-state index is 13.6. The van der Waals surface area contributed by atoms with E-state index >= 15 is 0 Å². The largest absolute Gasteiger partial charge is 0.493 e. The number of rotatable bonds is 4. The van der Waals surface area contributed by atoms with Crippen LogP contribution >= 0.6 is 0 Å². The van der Waals surface area contributed by atoms with Crippen molar-refractivity contribution in [2.24, 2.45) is 0 Å². The van der Waals surface area contributed by atoms with E-state index < -0.39 is 17.5 Å². The average Bonchev–Trinajstić information content (AvgIpc) is 3.06. The Morgan fingerprint density at radius 3 is 2.76 bits per heavy atom. The van der Waals surface area contributed by atoms with Crippen LogP contribution in [0.25, 0.3) is 0 Å². The van der Waals surface area contributed by atoms with Gasteiger partial charge in [-0.15, -0.1) is 0 Å². The molecule has 0 bridgehead atoms. The lowest BCUT2D eigenvalue weighted by Crippen LogP contribution is -2.38. The van der Waals surface area contributed by atoms with Gasteiger partial charge >= 0.3 is 0 Å². The summed E-state index contributed by atoms with van der Waals surface area (Å²) >= 11 is 0. The second kappa shape index (κ2) is 6.88. The summed E-state index contributed by atoms with van der Waals surface area (Å²) in [6.07, 6.45) is 0.784. The molecule has 7 heteroatoms. The fraction of sp³-hybridized carbons (Fsp3) is 0.222. The van der Waals surface area contributed by atoms with E-state index in [1.807, 2.05) is 6.07 Å². The summed E-state index contributed by atoms with van der Waals surface area (Å²) in [5.41, 5.74) is 1.39. The lowest BCUT2D eigenvalue weighted by Gasteiger charge is -2.18. The molecule has 1 heterocycles. The number of anilines is 1. The zero-order valence-electron chi connectivity index (χ0n) is 13.5. The molecule has 0 aliphatic carbocycles.